The van der Waals surface area contributed by atoms with Crippen LogP contribution in [-0.4, -0.2) is 30.9 Å². The van der Waals surface area contributed by atoms with Crippen LogP contribution in [0, 0.1) is 0 Å². The number of rotatable bonds is 7. The number of hydrogen-bond donors (Lipinski definition) is 2. The van der Waals surface area contributed by atoms with Crippen LogP contribution in [0.15, 0.2) is 52.5 Å². The van der Waals surface area contributed by atoms with E-state index in [4.69, 9.17) is 4.74 Å². The van der Waals surface area contributed by atoms with Gasteiger partial charge in [0.15, 0.2) is 0 Å². The molecule has 2 N–H and O–H groups in total. The lowest BCUT2D eigenvalue weighted by Gasteiger charge is -2.11. The van der Waals surface area contributed by atoms with Gasteiger partial charge in [0.25, 0.3) is 5.91 Å². The van der Waals surface area contributed by atoms with Crippen LogP contribution in [0.2, 0.25) is 0 Å². The fraction of sp³-hybridized carbons (Fsp3) is 0.211. The molecule has 136 valence electrons. The number of ether oxygens (including phenoxy) is 1. The summed E-state index contributed by atoms with van der Waals surface area (Å²) in [5, 5.41) is 6.65. The van der Waals surface area contributed by atoms with Crippen molar-refractivity contribution in [2.45, 2.75) is 18.7 Å². The summed E-state index contributed by atoms with van der Waals surface area (Å²) in [6.45, 7) is 3.64. The first-order valence-electron chi connectivity index (χ1n) is 8.05. The van der Waals surface area contributed by atoms with Crippen molar-refractivity contribution in [3.8, 4) is 5.75 Å². The normalized spacial score (nSPS) is 10.6. The molecule has 0 aromatic heterocycles. The molecule has 7 heteroatoms. The van der Waals surface area contributed by atoms with E-state index < -0.39 is 0 Å². The van der Waals surface area contributed by atoms with Crippen LogP contribution in [0.5, 0.6) is 5.75 Å². The molecule has 2 amide bonds. The number of hydrogen-bond acceptors (Lipinski definition) is 5. The minimum absolute atomic E-state index is 0.193. The summed E-state index contributed by atoms with van der Waals surface area (Å²) < 4.78 is 5.50. The zero-order chi connectivity index (χ0) is 18.9. The molecule has 0 radical (unpaired) electrons. The SMILES string of the molecule is CCOc1cc(NC(C)=O)ccc1C(=O)NN=Cc1ccc(SC)cc1. The van der Waals surface area contributed by atoms with Gasteiger partial charge in [0.2, 0.25) is 5.91 Å². The van der Waals surface area contributed by atoms with E-state index in [1.807, 2.05) is 37.4 Å². The fourth-order valence-electron chi connectivity index (χ4n) is 2.18. The lowest BCUT2D eigenvalue weighted by atomic mass is 10.1. The van der Waals surface area contributed by atoms with Crippen molar-refractivity contribution >= 4 is 35.5 Å². The quantitative estimate of drug-likeness (QED) is 0.443. The van der Waals surface area contributed by atoms with Crippen LogP contribution in [0.4, 0.5) is 5.69 Å². The number of benzene rings is 2. The predicted octanol–water partition coefficient (Wildman–Crippen LogP) is 3.53. The van der Waals surface area contributed by atoms with Gasteiger partial charge >= 0.3 is 0 Å². The van der Waals surface area contributed by atoms with Crippen molar-refractivity contribution in [3.05, 3.63) is 53.6 Å². The highest BCUT2D eigenvalue weighted by atomic mass is 32.2. The van der Waals surface area contributed by atoms with Crippen molar-refractivity contribution in [1.82, 2.24) is 5.43 Å². The summed E-state index contributed by atoms with van der Waals surface area (Å²) in [4.78, 5) is 24.7. The molecule has 2 aromatic carbocycles. The van der Waals surface area contributed by atoms with Gasteiger partial charge in [-0.3, -0.25) is 9.59 Å². The largest absolute Gasteiger partial charge is 0.493 e. The molecule has 26 heavy (non-hydrogen) atoms. The molecule has 0 aliphatic carbocycles. The zero-order valence-corrected chi connectivity index (χ0v) is 15.7. The molecule has 0 aliphatic rings. The van der Waals surface area contributed by atoms with E-state index >= 15 is 0 Å². The summed E-state index contributed by atoms with van der Waals surface area (Å²) in [7, 11) is 0. The van der Waals surface area contributed by atoms with Gasteiger partial charge in [-0.1, -0.05) is 12.1 Å². The summed E-state index contributed by atoms with van der Waals surface area (Å²) in [6.07, 6.45) is 3.59. The van der Waals surface area contributed by atoms with Crippen LogP contribution in [0.3, 0.4) is 0 Å². The maximum absolute atomic E-state index is 12.4. The van der Waals surface area contributed by atoms with Gasteiger partial charge in [-0.05, 0) is 43.0 Å². The fourth-order valence-corrected chi connectivity index (χ4v) is 2.59. The molecule has 0 saturated heterocycles. The van der Waals surface area contributed by atoms with Gasteiger partial charge < -0.3 is 10.1 Å². The molecule has 2 rings (SSSR count). The Hall–Kier alpha value is -2.80. The Labute approximate surface area is 157 Å². The molecule has 0 unspecified atom stereocenters. The number of thioether (sulfide) groups is 1. The second-order valence-corrected chi connectivity index (χ2v) is 6.18. The third kappa shape index (κ3) is 5.63. The van der Waals surface area contributed by atoms with Gasteiger partial charge in [0.05, 0.1) is 18.4 Å². The number of amides is 2. The van der Waals surface area contributed by atoms with Crippen LogP contribution in [0.1, 0.15) is 29.8 Å². The molecule has 0 saturated carbocycles. The summed E-state index contributed by atoms with van der Waals surface area (Å²) in [5.74, 6) is -0.197. The molecule has 0 spiro atoms. The second-order valence-electron chi connectivity index (χ2n) is 5.30. The maximum atomic E-state index is 12.4. The minimum atomic E-state index is -0.389. The van der Waals surface area contributed by atoms with Gasteiger partial charge in [-0.25, -0.2) is 5.43 Å². The molecule has 0 fully saturated rings. The summed E-state index contributed by atoms with van der Waals surface area (Å²) in [5.41, 5.74) is 4.28. The minimum Gasteiger partial charge on any atom is -0.493 e. The monoisotopic (exact) mass is 371 g/mol. The number of anilines is 1. The van der Waals surface area contributed by atoms with Crippen LogP contribution < -0.4 is 15.5 Å². The Balaban J connectivity index is 2.09. The Bertz CT molecular complexity index is 804. The lowest BCUT2D eigenvalue weighted by Crippen LogP contribution is -2.19. The van der Waals surface area contributed by atoms with Gasteiger partial charge in [0.1, 0.15) is 5.75 Å². The number of nitrogens with one attached hydrogen (secondary N) is 2. The van der Waals surface area contributed by atoms with E-state index in [9.17, 15) is 9.59 Å². The summed E-state index contributed by atoms with van der Waals surface area (Å²) >= 11 is 1.66. The molecule has 0 aliphatic heterocycles. The first kappa shape index (κ1) is 19.5. The standard InChI is InChI=1S/C19H21N3O3S/c1-4-25-18-11-15(21-13(2)23)7-10-17(18)19(24)22-20-12-14-5-8-16(26-3)9-6-14/h5-12H,4H2,1-3H3,(H,21,23)(H,22,24). The van der Waals surface area contributed by atoms with Crippen molar-refractivity contribution in [2.75, 3.05) is 18.2 Å². The van der Waals surface area contributed by atoms with E-state index in [2.05, 4.69) is 15.8 Å². The Morgan fingerprint density at radius 2 is 1.92 bits per heavy atom. The number of hydrazone groups is 1. The molecule has 0 atom stereocenters. The van der Waals surface area contributed by atoms with Gasteiger partial charge in [0, 0.05) is 23.6 Å². The lowest BCUT2D eigenvalue weighted by molar-refractivity contribution is -0.114. The topological polar surface area (TPSA) is 79.8 Å². The van der Waals surface area contributed by atoms with Crippen molar-refractivity contribution in [2.24, 2.45) is 5.10 Å². The highest BCUT2D eigenvalue weighted by Crippen LogP contribution is 2.23. The van der Waals surface area contributed by atoms with E-state index in [-0.39, 0.29) is 11.8 Å². The Kier molecular flexibility index (Phi) is 7.23. The smallest absolute Gasteiger partial charge is 0.275 e. The Morgan fingerprint density at radius 3 is 2.54 bits per heavy atom. The first-order valence-corrected chi connectivity index (χ1v) is 9.28. The molecule has 0 heterocycles. The first-order chi connectivity index (χ1) is 12.5. The number of carbonyl (C=O) groups excluding carboxylic acids is 2. The van der Waals surface area contributed by atoms with E-state index in [0.717, 1.165) is 10.5 Å². The van der Waals surface area contributed by atoms with Crippen molar-refractivity contribution in [1.29, 1.82) is 0 Å². The van der Waals surface area contributed by atoms with Crippen molar-refractivity contribution in [3.63, 3.8) is 0 Å². The van der Waals surface area contributed by atoms with Crippen LogP contribution >= 0.6 is 11.8 Å². The molecule has 0 bridgehead atoms. The van der Waals surface area contributed by atoms with Crippen LogP contribution in [0.25, 0.3) is 0 Å². The van der Waals surface area contributed by atoms with Gasteiger partial charge in [-0.2, -0.15) is 5.10 Å². The average Bonchev–Trinajstić information content (AvgIpc) is 2.62. The van der Waals surface area contributed by atoms with E-state index in [1.54, 1.807) is 36.2 Å². The zero-order valence-electron chi connectivity index (χ0n) is 14.9. The second kappa shape index (κ2) is 9.62. The number of carbonyl (C=O) groups is 2. The number of nitrogens with zero attached hydrogens (tertiary/aromatic N) is 1. The summed E-state index contributed by atoms with van der Waals surface area (Å²) in [6, 6.07) is 12.7. The average molecular weight is 371 g/mol. The van der Waals surface area contributed by atoms with E-state index in [0.29, 0.717) is 23.6 Å². The van der Waals surface area contributed by atoms with Crippen LogP contribution in [-0.2, 0) is 4.79 Å². The molecular weight excluding hydrogens is 350 g/mol. The molecular formula is C19H21N3O3S. The van der Waals surface area contributed by atoms with Crippen molar-refractivity contribution < 1.29 is 14.3 Å². The van der Waals surface area contributed by atoms with Gasteiger partial charge in [-0.15, -0.1) is 11.8 Å². The third-order valence-electron chi connectivity index (χ3n) is 3.34. The van der Waals surface area contributed by atoms with E-state index in [1.165, 1.54) is 6.92 Å². The molecule has 6 nitrogen and oxygen atoms in total. The molecule has 2 aromatic rings. The highest BCUT2D eigenvalue weighted by Gasteiger charge is 2.13. The maximum Gasteiger partial charge on any atom is 0.275 e. The predicted molar refractivity (Wildman–Crippen MR) is 105 cm³/mol. The third-order valence-corrected chi connectivity index (χ3v) is 4.09. The Morgan fingerprint density at radius 1 is 1.19 bits per heavy atom. The highest BCUT2D eigenvalue weighted by molar-refractivity contribution is 7.98.